The molecule has 0 atom stereocenters. The Balaban J connectivity index is 2.78. The van der Waals surface area contributed by atoms with E-state index in [1.54, 1.807) is 13.8 Å². The Labute approximate surface area is 94.1 Å². The average Bonchev–Trinajstić information content (AvgIpc) is 2.43. The number of hydrogen-bond acceptors (Lipinski definition) is 2. The van der Waals surface area contributed by atoms with Gasteiger partial charge in [-0.15, -0.1) is 0 Å². The number of alkyl halides is 3. The Morgan fingerprint density at radius 2 is 2.06 bits per heavy atom. The number of halogens is 3. The van der Waals surface area contributed by atoms with Gasteiger partial charge in [0.15, 0.2) is 0 Å². The molecule has 2 rings (SSSR count). The SMILES string of the molecule is Cc1c(C)n(CC(F)(F)F)c2c(=O)[nH]ncc12. The maximum atomic E-state index is 12.4. The van der Waals surface area contributed by atoms with Gasteiger partial charge in [-0.1, -0.05) is 0 Å². The molecule has 2 aromatic heterocycles. The van der Waals surface area contributed by atoms with E-state index in [0.29, 0.717) is 16.6 Å². The lowest BCUT2D eigenvalue weighted by atomic mass is 10.2. The zero-order chi connectivity index (χ0) is 12.8. The van der Waals surface area contributed by atoms with Crippen LogP contribution < -0.4 is 5.56 Å². The quantitative estimate of drug-likeness (QED) is 0.834. The van der Waals surface area contributed by atoms with E-state index in [1.165, 1.54) is 6.20 Å². The largest absolute Gasteiger partial charge is 0.406 e. The Bertz CT molecular complexity index is 624. The number of hydrogen-bond donors (Lipinski definition) is 1. The Hall–Kier alpha value is -1.79. The van der Waals surface area contributed by atoms with Gasteiger partial charge in [0.25, 0.3) is 5.56 Å². The summed E-state index contributed by atoms with van der Waals surface area (Å²) in [5.74, 6) is 0. The van der Waals surface area contributed by atoms with Gasteiger partial charge < -0.3 is 4.57 Å². The van der Waals surface area contributed by atoms with Gasteiger partial charge in [-0.2, -0.15) is 18.3 Å². The second kappa shape index (κ2) is 3.61. The number of nitrogens with zero attached hydrogens (tertiary/aromatic N) is 2. The minimum atomic E-state index is -4.36. The first-order valence-electron chi connectivity index (χ1n) is 4.91. The third-order valence-electron chi connectivity index (χ3n) is 2.79. The number of aromatic amines is 1. The predicted molar refractivity (Wildman–Crippen MR) is 55.9 cm³/mol. The van der Waals surface area contributed by atoms with Gasteiger partial charge >= 0.3 is 6.18 Å². The molecule has 1 N–H and O–H groups in total. The van der Waals surface area contributed by atoms with Crippen LogP contribution in [0.25, 0.3) is 10.9 Å². The Kier molecular flexibility index (Phi) is 2.48. The molecule has 0 radical (unpaired) electrons. The van der Waals surface area contributed by atoms with Crippen LogP contribution in [0.2, 0.25) is 0 Å². The highest BCUT2D eigenvalue weighted by molar-refractivity contribution is 5.83. The van der Waals surface area contributed by atoms with Crippen molar-refractivity contribution in [2.75, 3.05) is 0 Å². The molecule has 0 aliphatic rings. The van der Waals surface area contributed by atoms with Crippen LogP contribution in [-0.4, -0.2) is 20.9 Å². The van der Waals surface area contributed by atoms with Gasteiger partial charge in [0, 0.05) is 11.1 Å². The van der Waals surface area contributed by atoms with Crippen molar-refractivity contribution in [2.45, 2.75) is 26.6 Å². The first-order valence-corrected chi connectivity index (χ1v) is 4.91. The van der Waals surface area contributed by atoms with Crippen LogP contribution >= 0.6 is 0 Å². The molecule has 0 spiro atoms. The molecule has 0 saturated heterocycles. The van der Waals surface area contributed by atoms with E-state index in [0.717, 1.165) is 4.57 Å². The zero-order valence-corrected chi connectivity index (χ0v) is 9.22. The third-order valence-corrected chi connectivity index (χ3v) is 2.79. The summed E-state index contributed by atoms with van der Waals surface area (Å²) in [4.78, 5) is 11.5. The monoisotopic (exact) mass is 245 g/mol. The molecular weight excluding hydrogens is 235 g/mol. The van der Waals surface area contributed by atoms with E-state index in [-0.39, 0.29) is 5.52 Å². The van der Waals surface area contributed by atoms with E-state index in [9.17, 15) is 18.0 Å². The molecule has 0 saturated carbocycles. The summed E-state index contributed by atoms with van der Waals surface area (Å²) in [6.45, 7) is 2.06. The lowest BCUT2D eigenvalue weighted by molar-refractivity contribution is -0.140. The maximum absolute atomic E-state index is 12.4. The van der Waals surface area contributed by atoms with Crippen molar-refractivity contribution in [3.63, 3.8) is 0 Å². The smallest absolute Gasteiger partial charge is 0.331 e. The summed E-state index contributed by atoms with van der Waals surface area (Å²) < 4.78 is 38.3. The first-order chi connectivity index (χ1) is 7.81. The molecule has 0 aliphatic heterocycles. The zero-order valence-electron chi connectivity index (χ0n) is 9.22. The normalized spacial score (nSPS) is 12.3. The molecule has 0 bridgehead atoms. The highest BCUT2D eigenvalue weighted by Crippen LogP contribution is 2.26. The summed E-state index contributed by atoms with van der Waals surface area (Å²) in [6, 6.07) is 0. The van der Waals surface area contributed by atoms with Crippen molar-refractivity contribution in [3.8, 4) is 0 Å². The molecule has 0 aromatic carbocycles. The maximum Gasteiger partial charge on any atom is 0.406 e. The molecule has 0 amide bonds. The van der Waals surface area contributed by atoms with Crippen LogP contribution in [0.15, 0.2) is 11.0 Å². The molecular formula is C10H10F3N3O. The molecule has 2 aromatic rings. The summed E-state index contributed by atoms with van der Waals surface area (Å²) in [6.07, 6.45) is -3.00. The highest BCUT2D eigenvalue weighted by Gasteiger charge is 2.30. The average molecular weight is 245 g/mol. The van der Waals surface area contributed by atoms with Gasteiger partial charge in [-0.25, -0.2) is 5.10 Å². The minimum Gasteiger partial charge on any atom is -0.331 e. The van der Waals surface area contributed by atoms with E-state index in [1.807, 2.05) is 0 Å². The van der Waals surface area contributed by atoms with Crippen LogP contribution in [0.3, 0.4) is 0 Å². The van der Waals surface area contributed by atoms with E-state index < -0.39 is 18.3 Å². The summed E-state index contributed by atoms with van der Waals surface area (Å²) in [5.41, 5.74) is 0.481. The van der Waals surface area contributed by atoms with Crippen molar-refractivity contribution in [1.82, 2.24) is 14.8 Å². The third kappa shape index (κ3) is 1.92. The number of aromatic nitrogens is 3. The lowest BCUT2D eigenvalue weighted by Crippen LogP contribution is -2.21. The van der Waals surface area contributed by atoms with Gasteiger partial charge in [0.2, 0.25) is 0 Å². The van der Waals surface area contributed by atoms with Gasteiger partial charge in [0.1, 0.15) is 12.1 Å². The number of rotatable bonds is 1. The molecule has 7 heteroatoms. The fraction of sp³-hybridized carbons (Fsp3) is 0.400. The van der Waals surface area contributed by atoms with Crippen molar-refractivity contribution < 1.29 is 13.2 Å². The fourth-order valence-corrected chi connectivity index (χ4v) is 1.88. The first kappa shape index (κ1) is 11.7. The minimum absolute atomic E-state index is 0.0207. The highest BCUT2D eigenvalue weighted by atomic mass is 19.4. The Morgan fingerprint density at radius 1 is 1.41 bits per heavy atom. The van der Waals surface area contributed by atoms with Crippen LogP contribution in [0.4, 0.5) is 13.2 Å². The Morgan fingerprint density at radius 3 is 2.65 bits per heavy atom. The molecule has 2 heterocycles. The number of fused-ring (bicyclic) bond motifs is 1. The molecule has 92 valence electrons. The van der Waals surface area contributed by atoms with Crippen LogP contribution in [-0.2, 0) is 6.54 Å². The summed E-state index contributed by atoms with van der Waals surface area (Å²) in [7, 11) is 0. The van der Waals surface area contributed by atoms with Crippen molar-refractivity contribution in [1.29, 1.82) is 0 Å². The number of aryl methyl sites for hydroxylation is 1. The molecule has 0 unspecified atom stereocenters. The van der Waals surface area contributed by atoms with Gasteiger partial charge in [-0.05, 0) is 19.4 Å². The van der Waals surface area contributed by atoms with Gasteiger partial charge in [0.05, 0.1) is 6.20 Å². The van der Waals surface area contributed by atoms with Crippen molar-refractivity contribution in [2.24, 2.45) is 0 Å². The molecule has 0 aliphatic carbocycles. The fourth-order valence-electron chi connectivity index (χ4n) is 1.88. The van der Waals surface area contributed by atoms with Crippen LogP contribution in [0, 0.1) is 13.8 Å². The van der Waals surface area contributed by atoms with Crippen LogP contribution in [0.1, 0.15) is 11.3 Å². The molecule has 17 heavy (non-hydrogen) atoms. The lowest BCUT2D eigenvalue weighted by Gasteiger charge is -2.10. The number of nitrogens with one attached hydrogen (secondary N) is 1. The second-order valence-electron chi connectivity index (χ2n) is 3.87. The second-order valence-corrected chi connectivity index (χ2v) is 3.87. The molecule has 4 nitrogen and oxygen atoms in total. The predicted octanol–water partition coefficient (Wildman–Crippen LogP) is 1.90. The van der Waals surface area contributed by atoms with Crippen molar-refractivity contribution >= 4 is 10.9 Å². The van der Waals surface area contributed by atoms with E-state index >= 15 is 0 Å². The topological polar surface area (TPSA) is 50.7 Å². The van der Waals surface area contributed by atoms with E-state index in [4.69, 9.17) is 0 Å². The van der Waals surface area contributed by atoms with Crippen molar-refractivity contribution in [3.05, 3.63) is 27.8 Å². The van der Waals surface area contributed by atoms with E-state index in [2.05, 4.69) is 10.2 Å². The standard InChI is InChI=1S/C10H10F3N3O/c1-5-6(2)16(4-10(11,12)13)8-7(5)3-14-15-9(8)17/h3H,4H2,1-2H3,(H,15,17). The van der Waals surface area contributed by atoms with Gasteiger partial charge in [-0.3, -0.25) is 4.79 Å². The van der Waals surface area contributed by atoms with Crippen LogP contribution in [0.5, 0.6) is 0 Å². The molecule has 0 fully saturated rings. The number of H-pyrrole nitrogens is 1. The summed E-state index contributed by atoms with van der Waals surface area (Å²) in [5, 5.41) is 6.19. The summed E-state index contributed by atoms with van der Waals surface area (Å²) >= 11 is 0.